The standard InChI is InChI=1S/C12H11Cl3N4O/c1-5-2-3-6(4-5)18-19-12(20)10-7(13)9(16)8(14)11(15)17-10/h4H,2-3H2,1H3,(H2,16,17)(H,19,20)/p+1/b18-6-. The summed E-state index contributed by atoms with van der Waals surface area (Å²) < 4.78 is 0. The summed E-state index contributed by atoms with van der Waals surface area (Å²) in [5, 5.41) is 4.15. The average Bonchev–Trinajstić information content (AvgIpc) is 2.83. The Labute approximate surface area is 130 Å². The van der Waals surface area contributed by atoms with Crippen molar-refractivity contribution in [3.63, 3.8) is 0 Å². The number of aromatic amines is 1. The third-order valence-electron chi connectivity index (χ3n) is 2.84. The third-order valence-corrected chi connectivity index (χ3v) is 4.00. The van der Waals surface area contributed by atoms with Crippen LogP contribution in [0.2, 0.25) is 15.2 Å². The number of carbonyl (C=O) groups is 1. The van der Waals surface area contributed by atoms with Gasteiger partial charge in [-0.05, 0) is 37.4 Å². The minimum absolute atomic E-state index is 0.00949. The van der Waals surface area contributed by atoms with E-state index in [-0.39, 0.29) is 26.6 Å². The Hall–Kier alpha value is -1.30. The predicted molar refractivity (Wildman–Crippen MR) is 80.3 cm³/mol. The zero-order valence-corrected chi connectivity index (χ0v) is 12.8. The molecule has 0 atom stereocenters. The molecule has 1 amide bonds. The maximum absolute atomic E-state index is 12.0. The van der Waals surface area contributed by atoms with Crippen LogP contribution in [-0.2, 0) is 0 Å². The highest BCUT2D eigenvalue weighted by molar-refractivity contribution is 6.45. The number of rotatable bonds is 2. The highest BCUT2D eigenvalue weighted by atomic mass is 35.5. The van der Waals surface area contributed by atoms with Gasteiger partial charge in [-0.3, -0.25) is 4.79 Å². The first-order chi connectivity index (χ1) is 9.40. The highest BCUT2D eigenvalue weighted by Gasteiger charge is 2.26. The first-order valence-electron chi connectivity index (χ1n) is 5.79. The second kappa shape index (κ2) is 5.99. The summed E-state index contributed by atoms with van der Waals surface area (Å²) in [7, 11) is 0. The van der Waals surface area contributed by atoms with Crippen molar-refractivity contribution < 1.29 is 9.78 Å². The summed E-state index contributed by atoms with van der Waals surface area (Å²) in [4.78, 5) is 14.6. The van der Waals surface area contributed by atoms with E-state index in [1.54, 1.807) is 0 Å². The van der Waals surface area contributed by atoms with Crippen LogP contribution in [0.5, 0.6) is 0 Å². The average molecular weight is 335 g/mol. The number of amides is 1. The number of carbonyl (C=O) groups excluding carboxylic acids is 1. The lowest BCUT2D eigenvalue weighted by Gasteiger charge is -2.03. The molecule has 1 aliphatic carbocycles. The van der Waals surface area contributed by atoms with Gasteiger partial charge in [0.25, 0.3) is 10.8 Å². The van der Waals surface area contributed by atoms with Crippen LogP contribution in [0, 0.1) is 0 Å². The van der Waals surface area contributed by atoms with Crippen molar-refractivity contribution >= 4 is 52.1 Å². The zero-order chi connectivity index (χ0) is 14.9. The van der Waals surface area contributed by atoms with Crippen LogP contribution in [0.15, 0.2) is 16.8 Å². The van der Waals surface area contributed by atoms with Gasteiger partial charge >= 0.3 is 5.91 Å². The lowest BCUT2D eigenvalue weighted by molar-refractivity contribution is -0.379. The Kier molecular flexibility index (Phi) is 4.52. The molecule has 0 fully saturated rings. The van der Waals surface area contributed by atoms with E-state index in [0.717, 1.165) is 18.6 Å². The van der Waals surface area contributed by atoms with Gasteiger partial charge in [-0.25, -0.2) is 5.43 Å². The summed E-state index contributed by atoms with van der Waals surface area (Å²) in [6, 6.07) is 0. The van der Waals surface area contributed by atoms with Gasteiger partial charge in [0, 0.05) is 0 Å². The van der Waals surface area contributed by atoms with Gasteiger partial charge in [0.2, 0.25) is 0 Å². The molecule has 4 N–H and O–H groups in total. The van der Waals surface area contributed by atoms with Crippen LogP contribution >= 0.6 is 34.8 Å². The number of hydrogen-bond donors (Lipinski definition) is 2. The molecule has 0 unspecified atom stereocenters. The largest absolute Gasteiger partial charge is 0.396 e. The van der Waals surface area contributed by atoms with Crippen LogP contribution in [0.25, 0.3) is 0 Å². The van der Waals surface area contributed by atoms with Crippen molar-refractivity contribution in [2.75, 3.05) is 5.73 Å². The Morgan fingerprint density at radius 1 is 1.35 bits per heavy atom. The van der Waals surface area contributed by atoms with Crippen LogP contribution in [0.4, 0.5) is 5.69 Å². The lowest BCUT2D eigenvalue weighted by Crippen LogP contribution is -2.28. The number of aromatic nitrogens is 1. The molecule has 2 rings (SSSR count). The quantitative estimate of drug-likeness (QED) is 0.644. The number of nitrogens with zero attached hydrogens (tertiary/aromatic N) is 1. The number of H-pyrrole nitrogens is 1. The van der Waals surface area contributed by atoms with Crippen LogP contribution in [-0.4, -0.2) is 11.6 Å². The zero-order valence-electron chi connectivity index (χ0n) is 10.6. The first-order valence-corrected chi connectivity index (χ1v) is 6.93. The molecule has 1 aliphatic rings. The molecular weight excluding hydrogens is 323 g/mol. The number of hydrogen-bond acceptors (Lipinski definition) is 3. The Morgan fingerprint density at radius 3 is 2.65 bits per heavy atom. The van der Waals surface area contributed by atoms with E-state index in [1.807, 2.05) is 13.0 Å². The van der Waals surface area contributed by atoms with Crippen molar-refractivity contribution in [2.45, 2.75) is 19.8 Å². The van der Waals surface area contributed by atoms with E-state index in [1.165, 1.54) is 5.57 Å². The van der Waals surface area contributed by atoms with Gasteiger partial charge in [-0.1, -0.05) is 28.8 Å². The predicted octanol–water partition coefficient (Wildman–Crippen LogP) is 2.87. The van der Waals surface area contributed by atoms with E-state index < -0.39 is 5.91 Å². The summed E-state index contributed by atoms with van der Waals surface area (Å²) in [5.74, 6) is -0.536. The molecule has 0 aromatic carbocycles. The summed E-state index contributed by atoms with van der Waals surface area (Å²) >= 11 is 17.6. The van der Waals surface area contributed by atoms with Crippen LogP contribution in [0.1, 0.15) is 30.3 Å². The van der Waals surface area contributed by atoms with Gasteiger partial charge < -0.3 is 5.73 Å². The number of nitrogens with one attached hydrogen (secondary N) is 2. The molecule has 0 radical (unpaired) electrons. The van der Waals surface area contributed by atoms with Gasteiger partial charge in [-0.15, -0.1) is 0 Å². The number of allylic oxidation sites excluding steroid dienone is 2. The molecular formula is C12H12Cl3N4O+. The SMILES string of the molecule is CC1=C/C(=N\NC(=O)c2[nH+]c(Cl)c(Cl)c(N)c2Cl)CC1. The molecule has 1 aromatic rings. The fraction of sp³-hybridized carbons (Fsp3) is 0.250. The summed E-state index contributed by atoms with van der Waals surface area (Å²) in [5.41, 5.74) is 10.2. The molecule has 0 saturated carbocycles. The fourth-order valence-electron chi connectivity index (χ4n) is 1.75. The third kappa shape index (κ3) is 3.06. The maximum atomic E-state index is 12.0. The number of nitrogens with two attached hydrogens (primary N) is 1. The second-order valence-corrected chi connectivity index (χ2v) is 5.52. The fourth-order valence-corrected chi connectivity index (χ4v) is 2.36. The van der Waals surface area contributed by atoms with Gasteiger partial charge in [0.1, 0.15) is 10.0 Å². The molecule has 0 bridgehead atoms. The monoisotopic (exact) mass is 333 g/mol. The van der Waals surface area contributed by atoms with E-state index in [9.17, 15) is 4.79 Å². The normalized spacial score (nSPS) is 16.4. The van der Waals surface area contributed by atoms with E-state index in [0.29, 0.717) is 0 Å². The number of hydrazone groups is 1. The Morgan fingerprint density at radius 2 is 2.05 bits per heavy atom. The van der Waals surface area contributed by atoms with Crippen LogP contribution in [0.3, 0.4) is 0 Å². The number of pyridine rings is 1. The first kappa shape index (κ1) is 15.1. The lowest BCUT2D eigenvalue weighted by atomic mass is 10.3. The molecule has 8 heteroatoms. The number of halogens is 3. The Balaban J connectivity index is 2.22. The van der Waals surface area contributed by atoms with Crippen LogP contribution < -0.4 is 16.1 Å². The van der Waals surface area contributed by atoms with Crippen molar-refractivity contribution in [1.29, 1.82) is 0 Å². The van der Waals surface area contributed by atoms with Gasteiger partial charge in [-0.2, -0.15) is 10.1 Å². The van der Waals surface area contributed by atoms with Gasteiger partial charge in [0.05, 0.1) is 11.4 Å². The minimum Gasteiger partial charge on any atom is -0.396 e. The van der Waals surface area contributed by atoms with Gasteiger partial charge in [0.15, 0.2) is 0 Å². The smallest absolute Gasteiger partial charge is 0.337 e. The van der Waals surface area contributed by atoms with E-state index in [4.69, 9.17) is 40.5 Å². The molecule has 1 heterocycles. The molecule has 0 saturated heterocycles. The topological polar surface area (TPSA) is 81.6 Å². The van der Waals surface area contributed by atoms with Crippen molar-refractivity contribution in [2.24, 2.45) is 5.10 Å². The Bertz CT molecular complexity index is 640. The van der Waals surface area contributed by atoms with Crippen molar-refractivity contribution in [3.05, 3.63) is 32.5 Å². The van der Waals surface area contributed by atoms with Crippen molar-refractivity contribution in [3.8, 4) is 0 Å². The summed E-state index contributed by atoms with van der Waals surface area (Å²) in [6.45, 7) is 2.01. The summed E-state index contributed by atoms with van der Waals surface area (Å²) in [6.07, 6.45) is 3.67. The minimum atomic E-state index is -0.536. The number of nitrogen functional groups attached to an aromatic ring is 1. The molecule has 106 valence electrons. The van der Waals surface area contributed by atoms with E-state index in [2.05, 4.69) is 15.5 Å². The molecule has 1 aromatic heterocycles. The van der Waals surface area contributed by atoms with Crippen molar-refractivity contribution in [1.82, 2.24) is 5.43 Å². The molecule has 0 spiro atoms. The number of anilines is 1. The highest BCUT2D eigenvalue weighted by Crippen LogP contribution is 2.31. The maximum Gasteiger partial charge on any atom is 0.337 e. The van der Waals surface area contributed by atoms with E-state index >= 15 is 0 Å². The molecule has 5 nitrogen and oxygen atoms in total. The molecule has 0 aliphatic heterocycles. The second-order valence-electron chi connectivity index (χ2n) is 4.39. The molecule has 20 heavy (non-hydrogen) atoms.